The number of rotatable bonds is 10. The molecule has 1 aromatic carbocycles. The van der Waals surface area contributed by atoms with Gasteiger partial charge in [-0.1, -0.05) is 25.5 Å². The quantitative estimate of drug-likeness (QED) is 0.653. The molecule has 0 heterocycles. The first-order valence-electron chi connectivity index (χ1n) is 7.36. The molecule has 108 valence electrons. The van der Waals surface area contributed by atoms with E-state index in [0.717, 1.165) is 26.2 Å². The molecular weight excluding hydrogens is 239 g/mol. The molecule has 19 heavy (non-hydrogen) atoms. The Morgan fingerprint density at radius 2 is 1.79 bits per heavy atom. The van der Waals surface area contributed by atoms with Crippen LogP contribution in [0.5, 0.6) is 0 Å². The van der Waals surface area contributed by atoms with Crippen molar-refractivity contribution in [1.82, 2.24) is 10.2 Å². The molecule has 0 aromatic heterocycles. The van der Waals surface area contributed by atoms with Crippen molar-refractivity contribution >= 4 is 0 Å². The number of unbranched alkanes of at least 4 members (excludes halogenated alkanes) is 2. The first-order valence-corrected chi connectivity index (χ1v) is 7.36. The second kappa shape index (κ2) is 9.93. The zero-order valence-electron chi connectivity index (χ0n) is 12.3. The second-order valence-corrected chi connectivity index (χ2v) is 5.17. The fraction of sp³-hybridized carbons (Fsp3) is 0.625. The number of nitrogens with zero attached hydrogens (tertiary/aromatic N) is 1. The van der Waals surface area contributed by atoms with E-state index < -0.39 is 0 Å². The molecule has 3 heteroatoms. The van der Waals surface area contributed by atoms with Gasteiger partial charge in [-0.3, -0.25) is 0 Å². The Labute approximate surface area is 117 Å². The molecule has 0 unspecified atom stereocenters. The van der Waals surface area contributed by atoms with E-state index in [2.05, 4.69) is 24.2 Å². The van der Waals surface area contributed by atoms with Crippen molar-refractivity contribution in [3.05, 3.63) is 35.6 Å². The van der Waals surface area contributed by atoms with Gasteiger partial charge in [0.15, 0.2) is 0 Å². The molecule has 0 aliphatic rings. The number of hydrogen-bond donors (Lipinski definition) is 1. The third-order valence-electron chi connectivity index (χ3n) is 3.19. The zero-order chi connectivity index (χ0) is 13.9. The minimum atomic E-state index is -0.161. The lowest BCUT2D eigenvalue weighted by Crippen LogP contribution is -2.20. The Hall–Kier alpha value is -0.930. The van der Waals surface area contributed by atoms with Gasteiger partial charge < -0.3 is 10.2 Å². The highest BCUT2D eigenvalue weighted by atomic mass is 19.1. The molecule has 0 atom stereocenters. The monoisotopic (exact) mass is 266 g/mol. The number of benzene rings is 1. The lowest BCUT2D eigenvalue weighted by Gasteiger charge is -2.16. The van der Waals surface area contributed by atoms with Gasteiger partial charge in [-0.25, -0.2) is 4.39 Å². The van der Waals surface area contributed by atoms with Crippen molar-refractivity contribution in [2.75, 3.05) is 26.7 Å². The first kappa shape index (κ1) is 16.1. The summed E-state index contributed by atoms with van der Waals surface area (Å²) in [4.78, 5) is 2.30. The molecule has 0 aliphatic heterocycles. The van der Waals surface area contributed by atoms with E-state index >= 15 is 0 Å². The van der Waals surface area contributed by atoms with Crippen molar-refractivity contribution in [2.24, 2.45) is 0 Å². The van der Waals surface area contributed by atoms with Crippen molar-refractivity contribution in [1.29, 1.82) is 0 Å². The van der Waals surface area contributed by atoms with Crippen LogP contribution in [0.1, 0.15) is 38.2 Å². The van der Waals surface area contributed by atoms with Crippen LogP contribution in [0.3, 0.4) is 0 Å². The van der Waals surface area contributed by atoms with Gasteiger partial charge in [-0.15, -0.1) is 0 Å². The summed E-state index contributed by atoms with van der Waals surface area (Å²) in [5.41, 5.74) is 1.17. The molecular formula is C16H27FN2. The molecule has 1 N–H and O–H groups in total. The molecule has 0 amide bonds. The van der Waals surface area contributed by atoms with E-state index in [1.54, 1.807) is 0 Å². The highest BCUT2D eigenvalue weighted by Crippen LogP contribution is 2.06. The number of nitrogens with one attached hydrogen (secondary N) is 1. The lowest BCUT2D eigenvalue weighted by molar-refractivity contribution is 0.317. The normalized spacial score (nSPS) is 11.2. The Bertz CT molecular complexity index is 324. The summed E-state index contributed by atoms with van der Waals surface area (Å²) in [7, 11) is 2.12. The van der Waals surface area contributed by atoms with Gasteiger partial charge in [0.2, 0.25) is 0 Å². The fourth-order valence-corrected chi connectivity index (χ4v) is 2.09. The van der Waals surface area contributed by atoms with Crippen LogP contribution in [0.25, 0.3) is 0 Å². The Kier molecular flexibility index (Phi) is 8.43. The maximum atomic E-state index is 12.8. The molecule has 0 spiro atoms. The van der Waals surface area contributed by atoms with Crippen LogP contribution in [0.15, 0.2) is 24.3 Å². The average Bonchev–Trinajstić information content (AvgIpc) is 2.40. The minimum absolute atomic E-state index is 0.161. The minimum Gasteiger partial charge on any atom is -0.317 e. The smallest absolute Gasteiger partial charge is 0.123 e. The van der Waals surface area contributed by atoms with E-state index in [1.807, 2.05) is 12.1 Å². The van der Waals surface area contributed by atoms with Crippen LogP contribution >= 0.6 is 0 Å². The molecule has 0 saturated carbocycles. The van der Waals surface area contributed by atoms with Crippen LogP contribution in [0, 0.1) is 5.82 Å². The van der Waals surface area contributed by atoms with Crippen LogP contribution in [-0.2, 0) is 6.54 Å². The Morgan fingerprint density at radius 3 is 2.47 bits per heavy atom. The summed E-state index contributed by atoms with van der Waals surface area (Å²) in [6, 6.07) is 6.78. The summed E-state index contributed by atoms with van der Waals surface area (Å²) in [5, 5.41) is 3.42. The molecule has 2 nitrogen and oxygen atoms in total. The van der Waals surface area contributed by atoms with Crippen LogP contribution in [0.4, 0.5) is 4.39 Å². The topological polar surface area (TPSA) is 15.3 Å². The van der Waals surface area contributed by atoms with Gasteiger partial charge >= 0.3 is 0 Å². The summed E-state index contributed by atoms with van der Waals surface area (Å²) in [6.07, 6.45) is 4.96. The fourth-order valence-electron chi connectivity index (χ4n) is 2.09. The second-order valence-electron chi connectivity index (χ2n) is 5.17. The van der Waals surface area contributed by atoms with Gasteiger partial charge in [0.25, 0.3) is 0 Å². The predicted octanol–water partition coefficient (Wildman–Crippen LogP) is 3.43. The number of hydrogen-bond acceptors (Lipinski definition) is 2. The summed E-state index contributed by atoms with van der Waals surface area (Å²) < 4.78 is 12.8. The highest BCUT2D eigenvalue weighted by Gasteiger charge is 2.00. The molecule has 0 radical (unpaired) electrons. The summed E-state index contributed by atoms with van der Waals surface area (Å²) in [5.74, 6) is -0.161. The van der Waals surface area contributed by atoms with Crippen LogP contribution < -0.4 is 5.32 Å². The van der Waals surface area contributed by atoms with Crippen molar-refractivity contribution in [2.45, 2.75) is 39.2 Å². The third kappa shape index (κ3) is 7.96. The van der Waals surface area contributed by atoms with Gasteiger partial charge in [0, 0.05) is 6.54 Å². The van der Waals surface area contributed by atoms with Gasteiger partial charge in [0.05, 0.1) is 0 Å². The van der Waals surface area contributed by atoms with Gasteiger partial charge in [-0.2, -0.15) is 0 Å². The molecule has 0 bridgehead atoms. The average molecular weight is 266 g/mol. The van der Waals surface area contributed by atoms with Crippen molar-refractivity contribution in [3.63, 3.8) is 0 Å². The molecule has 1 aromatic rings. The number of halogens is 1. The molecule has 1 rings (SSSR count). The van der Waals surface area contributed by atoms with E-state index in [9.17, 15) is 4.39 Å². The van der Waals surface area contributed by atoms with E-state index in [0.29, 0.717) is 0 Å². The summed E-state index contributed by atoms with van der Waals surface area (Å²) in [6.45, 7) is 6.46. The zero-order valence-corrected chi connectivity index (χ0v) is 12.3. The van der Waals surface area contributed by atoms with Crippen LogP contribution in [0.2, 0.25) is 0 Å². The molecule has 0 saturated heterocycles. The maximum Gasteiger partial charge on any atom is 0.123 e. The van der Waals surface area contributed by atoms with Crippen molar-refractivity contribution in [3.8, 4) is 0 Å². The standard InChI is InChI=1S/C16H27FN2/c1-3-11-18-12-5-4-6-13-19(2)14-15-7-9-16(17)10-8-15/h7-10,18H,3-6,11-14H2,1-2H3. The molecule has 0 aliphatic carbocycles. The van der Waals surface area contributed by atoms with Crippen molar-refractivity contribution < 1.29 is 4.39 Å². The third-order valence-corrected chi connectivity index (χ3v) is 3.19. The maximum absolute atomic E-state index is 12.8. The Balaban J connectivity index is 2.04. The Morgan fingerprint density at radius 1 is 1.05 bits per heavy atom. The van der Waals surface area contributed by atoms with Gasteiger partial charge in [-0.05, 0) is 63.6 Å². The van der Waals surface area contributed by atoms with Gasteiger partial charge in [0.1, 0.15) is 5.82 Å². The molecule has 0 fully saturated rings. The van der Waals surface area contributed by atoms with E-state index in [-0.39, 0.29) is 5.82 Å². The van der Waals surface area contributed by atoms with E-state index in [4.69, 9.17) is 0 Å². The van der Waals surface area contributed by atoms with Crippen LogP contribution in [-0.4, -0.2) is 31.6 Å². The largest absolute Gasteiger partial charge is 0.317 e. The lowest BCUT2D eigenvalue weighted by atomic mass is 10.2. The van der Waals surface area contributed by atoms with E-state index in [1.165, 1.54) is 43.4 Å². The summed E-state index contributed by atoms with van der Waals surface area (Å²) >= 11 is 0. The first-order chi connectivity index (χ1) is 9.22. The SMILES string of the molecule is CCCNCCCCCN(C)Cc1ccc(F)cc1. The predicted molar refractivity (Wildman–Crippen MR) is 79.7 cm³/mol. The highest BCUT2D eigenvalue weighted by molar-refractivity contribution is 5.15.